The number of benzene rings is 1. The van der Waals surface area contributed by atoms with Crippen molar-refractivity contribution in [2.75, 3.05) is 0 Å². The van der Waals surface area contributed by atoms with Gasteiger partial charge in [0, 0.05) is 11.4 Å². The van der Waals surface area contributed by atoms with E-state index in [1.807, 2.05) is 26.0 Å². The van der Waals surface area contributed by atoms with Crippen LogP contribution >= 0.6 is 0 Å². The minimum absolute atomic E-state index is 0.185. The van der Waals surface area contributed by atoms with Crippen LogP contribution < -0.4 is 5.73 Å². The summed E-state index contributed by atoms with van der Waals surface area (Å²) in [5, 5.41) is 1.24. The van der Waals surface area contributed by atoms with E-state index in [-0.39, 0.29) is 6.04 Å². The van der Waals surface area contributed by atoms with Crippen molar-refractivity contribution >= 4 is 11.0 Å². The Balaban J connectivity index is 2.63. The van der Waals surface area contributed by atoms with Gasteiger partial charge in [-0.25, -0.2) is 0 Å². The van der Waals surface area contributed by atoms with E-state index in [9.17, 15) is 0 Å². The molecule has 1 aromatic carbocycles. The normalized spacial score (nSPS) is 13.3. The van der Waals surface area contributed by atoms with Crippen LogP contribution in [0, 0.1) is 13.8 Å². The summed E-state index contributed by atoms with van der Waals surface area (Å²) in [7, 11) is 0. The lowest BCUT2D eigenvalue weighted by Crippen LogP contribution is -2.17. The van der Waals surface area contributed by atoms with Gasteiger partial charge < -0.3 is 10.2 Å². The van der Waals surface area contributed by atoms with E-state index in [0.717, 1.165) is 17.8 Å². The maximum absolute atomic E-state index is 5.84. The van der Waals surface area contributed by atoms with Crippen LogP contribution in [0.1, 0.15) is 23.8 Å². The molecular weight excluding hydrogens is 186 g/mol. The molecule has 2 nitrogen and oxygen atoms in total. The molecule has 0 fully saturated rings. The van der Waals surface area contributed by atoms with Crippen LogP contribution in [-0.2, 0) is 6.42 Å². The first-order valence-electron chi connectivity index (χ1n) is 5.32. The summed E-state index contributed by atoms with van der Waals surface area (Å²) in [6.45, 7) is 6.14. The number of nitrogens with two attached hydrogens (primary N) is 1. The lowest BCUT2D eigenvalue weighted by molar-refractivity contribution is 0.575. The summed E-state index contributed by atoms with van der Waals surface area (Å²) in [5.41, 5.74) is 9.34. The second-order valence-corrected chi connectivity index (χ2v) is 4.25. The quantitative estimate of drug-likeness (QED) is 0.815. The number of aryl methyl sites for hydroxylation is 2. The van der Waals surface area contributed by atoms with Gasteiger partial charge in [0.05, 0.1) is 0 Å². The second kappa shape index (κ2) is 3.70. The first-order valence-corrected chi connectivity index (χ1v) is 5.32. The van der Waals surface area contributed by atoms with Gasteiger partial charge >= 0.3 is 0 Å². The van der Waals surface area contributed by atoms with Crippen LogP contribution in [0.25, 0.3) is 11.0 Å². The molecule has 0 aliphatic carbocycles. The third-order valence-corrected chi connectivity index (χ3v) is 2.82. The highest BCUT2D eigenvalue weighted by atomic mass is 16.3. The number of hydrogen-bond acceptors (Lipinski definition) is 2. The van der Waals surface area contributed by atoms with E-state index in [1.165, 1.54) is 16.5 Å². The third-order valence-electron chi connectivity index (χ3n) is 2.82. The predicted octanol–water partition coefficient (Wildman–Crippen LogP) is 2.94. The van der Waals surface area contributed by atoms with E-state index < -0.39 is 0 Å². The Kier molecular flexibility index (Phi) is 2.53. The molecule has 0 amide bonds. The maximum atomic E-state index is 5.84. The maximum Gasteiger partial charge on any atom is 0.134 e. The van der Waals surface area contributed by atoms with Crippen LogP contribution in [0.4, 0.5) is 0 Å². The molecule has 0 radical (unpaired) electrons. The summed E-state index contributed by atoms with van der Waals surface area (Å²) >= 11 is 0. The van der Waals surface area contributed by atoms with Crippen molar-refractivity contribution in [2.24, 2.45) is 5.73 Å². The Morgan fingerprint density at radius 1 is 1.33 bits per heavy atom. The van der Waals surface area contributed by atoms with Gasteiger partial charge in [-0.1, -0.05) is 12.1 Å². The topological polar surface area (TPSA) is 39.2 Å². The lowest BCUT2D eigenvalue weighted by atomic mass is 10.0. The molecule has 1 unspecified atom stereocenters. The second-order valence-electron chi connectivity index (χ2n) is 4.25. The van der Waals surface area contributed by atoms with Gasteiger partial charge in [0.25, 0.3) is 0 Å². The molecule has 2 rings (SSSR count). The van der Waals surface area contributed by atoms with Crippen LogP contribution in [0.15, 0.2) is 22.6 Å². The van der Waals surface area contributed by atoms with Crippen LogP contribution in [0.2, 0.25) is 0 Å². The summed E-state index contributed by atoms with van der Waals surface area (Å²) in [6.07, 6.45) is 0.900. The molecule has 2 N–H and O–H groups in total. The highest BCUT2D eigenvalue weighted by molar-refractivity contribution is 5.85. The van der Waals surface area contributed by atoms with Crippen molar-refractivity contribution in [3.8, 4) is 0 Å². The fourth-order valence-electron chi connectivity index (χ4n) is 2.02. The highest BCUT2D eigenvalue weighted by Gasteiger charge is 2.11. The zero-order valence-electron chi connectivity index (χ0n) is 9.50. The Morgan fingerprint density at radius 3 is 2.73 bits per heavy atom. The summed E-state index contributed by atoms with van der Waals surface area (Å²) in [5.74, 6) is 1.00. The minimum Gasteiger partial charge on any atom is -0.461 e. The van der Waals surface area contributed by atoms with Gasteiger partial charge in [0.1, 0.15) is 11.3 Å². The van der Waals surface area contributed by atoms with E-state index in [4.69, 9.17) is 10.2 Å². The predicted molar refractivity (Wildman–Crippen MR) is 63.0 cm³/mol. The van der Waals surface area contributed by atoms with Gasteiger partial charge in [0.2, 0.25) is 0 Å². The SMILES string of the molecule is Cc1oc2cccc(CC(C)N)c2c1C. The molecule has 15 heavy (non-hydrogen) atoms. The van der Waals surface area contributed by atoms with Gasteiger partial charge in [-0.2, -0.15) is 0 Å². The zero-order chi connectivity index (χ0) is 11.0. The van der Waals surface area contributed by atoms with Crippen molar-refractivity contribution in [2.45, 2.75) is 33.2 Å². The molecule has 1 heterocycles. The van der Waals surface area contributed by atoms with E-state index in [0.29, 0.717) is 0 Å². The smallest absolute Gasteiger partial charge is 0.134 e. The molecule has 2 aromatic rings. The van der Waals surface area contributed by atoms with Crippen molar-refractivity contribution < 1.29 is 4.42 Å². The first kappa shape index (κ1) is 10.2. The molecule has 0 saturated carbocycles. The summed E-state index contributed by atoms with van der Waals surface area (Å²) in [6, 6.07) is 6.36. The Morgan fingerprint density at radius 2 is 2.07 bits per heavy atom. The van der Waals surface area contributed by atoms with Crippen molar-refractivity contribution in [3.05, 3.63) is 35.1 Å². The van der Waals surface area contributed by atoms with Crippen LogP contribution in [-0.4, -0.2) is 6.04 Å². The lowest BCUT2D eigenvalue weighted by Gasteiger charge is -2.06. The molecule has 0 bridgehead atoms. The van der Waals surface area contributed by atoms with Crippen molar-refractivity contribution in [1.82, 2.24) is 0 Å². The molecule has 0 aliphatic rings. The molecule has 0 aliphatic heterocycles. The van der Waals surface area contributed by atoms with E-state index >= 15 is 0 Å². The van der Waals surface area contributed by atoms with Crippen molar-refractivity contribution in [3.63, 3.8) is 0 Å². The average Bonchev–Trinajstić information content (AvgIpc) is 2.43. The molecule has 1 atom stereocenters. The number of rotatable bonds is 2. The Labute approximate surface area is 90.1 Å². The number of hydrogen-bond donors (Lipinski definition) is 1. The monoisotopic (exact) mass is 203 g/mol. The van der Waals surface area contributed by atoms with E-state index in [2.05, 4.69) is 13.0 Å². The van der Waals surface area contributed by atoms with E-state index in [1.54, 1.807) is 0 Å². The Hall–Kier alpha value is -1.28. The Bertz CT molecular complexity index is 482. The van der Waals surface area contributed by atoms with Crippen molar-refractivity contribution in [1.29, 1.82) is 0 Å². The fourth-order valence-corrected chi connectivity index (χ4v) is 2.02. The number of fused-ring (bicyclic) bond motifs is 1. The third kappa shape index (κ3) is 1.77. The van der Waals surface area contributed by atoms with Gasteiger partial charge in [-0.15, -0.1) is 0 Å². The summed E-state index contributed by atoms with van der Waals surface area (Å²) in [4.78, 5) is 0. The van der Waals surface area contributed by atoms with Crippen LogP contribution in [0.5, 0.6) is 0 Å². The largest absolute Gasteiger partial charge is 0.461 e. The van der Waals surface area contributed by atoms with Gasteiger partial charge in [-0.05, 0) is 44.4 Å². The standard InChI is InChI=1S/C13H17NO/c1-8(14)7-11-5-4-6-12-13(11)9(2)10(3)15-12/h4-6,8H,7,14H2,1-3H3. The molecule has 0 saturated heterocycles. The molecular formula is C13H17NO. The fraction of sp³-hybridized carbons (Fsp3) is 0.385. The average molecular weight is 203 g/mol. The molecule has 80 valence electrons. The molecule has 1 aromatic heterocycles. The van der Waals surface area contributed by atoms with Gasteiger partial charge in [0.15, 0.2) is 0 Å². The molecule has 2 heteroatoms. The molecule has 0 spiro atoms. The first-order chi connectivity index (χ1) is 7.09. The van der Waals surface area contributed by atoms with Crippen LogP contribution in [0.3, 0.4) is 0 Å². The zero-order valence-corrected chi connectivity index (χ0v) is 9.50. The number of furan rings is 1. The minimum atomic E-state index is 0.185. The highest BCUT2D eigenvalue weighted by Crippen LogP contribution is 2.28. The summed E-state index contributed by atoms with van der Waals surface area (Å²) < 4.78 is 5.68. The van der Waals surface area contributed by atoms with Gasteiger partial charge in [-0.3, -0.25) is 0 Å².